The third-order valence-electron chi connectivity index (χ3n) is 2.21. The predicted molar refractivity (Wildman–Crippen MR) is 67.1 cm³/mol. The minimum Gasteiger partial charge on any atom is -0.506 e. The van der Waals surface area contributed by atoms with E-state index in [0.717, 1.165) is 7.11 Å². The Labute approximate surface area is 110 Å². The molecular formula is C10H12ClNO5S. The SMILES string of the molecule is COC(=O)C(C)S(=O)(=O)Nc1ccc(O)c(Cl)c1. The minimum atomic E-state index is -3.92. The molecule has 0 aliphatic rings. The van der Waals surface area contributed by atoms with Gasteiger partial charge in [0.2, 0.25) is 10.0 Å². The summed E-state index contributed by atoms with van der Waals surface area (Å²) in [6.45, 7) is 1.20. The molecule has 6 nitrogen and oxygen atoms in total. The van der Waals surface area contributed by atoms with E-state index in [1.807, 2.05) is 0 Å². The van der Waals surface area contributed by atoms with Crippen molar-refractivity contribution in [1.29, 1.82) is 0 Å². The predicted octanol–water partition coefficient (Wildman–Crippen LogP) is 1.35. The van der Waals surface area contributed by atoms with Crippen molar-refractivity contribution in [2.45, 2.75) is 12.2 Å². The Balaban J connectivity index is 2.95. The minimum absolute atomic E-state index is 0.000853. The van der Waals surface area contributed by atoms with Crippen LogP contribution < -0.4 is 4.72 Å². The summed E-state index contributed by atoms with van der Waals surface area (Å²) in [6.07, 6.45) is 0. The summed E-state index contributed by atoms with van der Waals surface area (Å²) >= 11 is 5.64. The van der Waals surface area contributed by atoms with E-state index in [2.05, 4.69) is 9.46 Å². The highest BCUT2D eigenvalue weighted by Crippen LogP contribution is 2.26. The van der Waals surface area contributed by atoms with Crippen LogP contribution in [0, 0.1) is 0 Å². The van der Waals surface area contributed by atoms with E-state index in [0.29, 0.717) is 0 Å². The van der Waals surface area contributed by atoms with Gasteiger partial charge >= 0.3 is 5.97 Å². The van der Waals surface area contributed by atoms with Gasteiger partial charge in [-0.3, -0.25) is 9.52 Å². The number of phenols is 1. The second-order valence-electron chi connectivity index (χ2n) is 3.48. The van der Waals surface area contributed by atoms with Crippen LogP contribution in [0.15, 0.2) is 18.2 Å². The van der Waals surface area contributed by atoms with E-state index < -0.39 is 21.2 Å². The van der Waals surface area contributed by atoms with Crippen molar-refractivity contribution in [2.75, 3.05) is 11.8 Å². The van der Waals surface area contributed by atoms with E-state index in [-0.39, 0.29) is 16.5 Å². The molecule has 0 aliphatic carbocycles. The first-order valence-electron chi connectivity index (χ1n) is 4.86. The van der Waals surface area contributed by atoms with Crippen LogP contribution in [-0.2, 0) is 19.6 Å². The van der Waals surface area contributed by atoms with Gasteiger partial charge in [0.1, 0.15) is 5.75 Å². The molecule has 0 fully saturated rings. The summed E-state index contributed by atoms with van der Waals surface area (Å²) in [5.41, 5.74) is 0.147. The summed E-state index contributed by atoms with van der Waals surface area (Å²) in [7, 11) is -2.82. The van der Waals surface area contributed by atoms with Crippen LogP contribution in [0.25, 0.3) is 0 Å². The number of aromatic hydroxyl groups is 1. The number of hydrogen-bond acceptors (Lipinski definition) is 5. The fraction of sp³-hybridized carbons (Fsp3) is 0.300. The molecule has 8 heteroatoms. The Morgan fingerprint density at radius 3 is 2.61 bits per heavy atom. The number of ether oxygens (including phenoxy) is 1. The van der Waals surface area contributed by atoms with Crippen LogP contribution in [0.3, 0.4) is 0 Å². The summed E-state index contributed by atoms with van der Waals surface area (Å²) in [5.74, 6) is -1.03. The topological polar surface area (TPSA) is 92.7 Å². The molecule has 1 aromatic carbocycles. The van der Waals surface area contributed by atoms with Crippen LogP contribution in [0.1, 0.15) is 6.92 Å². The molecule has 0 amide bonds. The molecule has 0 saturated heterocycles. The lowest BCUT2D eigenvalue weighted by Gasteiger charge is -2.13. The highest BCUT2D eigenvalue weighted by molar-refractivity contribution is 7.94. The zero-order valence-electron chi connectivity index (χ0n) is 9.68. The van der Waals surface area contributed by atoms with Crippen molar-refractivity contribution in [2.24, 2.45) is 0 Å². The fourth-order valence-corrected chi connectivity index (χ4v) is 2.28. The molecular weight excluding hydrogens is 282 g/mol. The Morgan fingerprint density at radius 1 is 1.50 bits per heavy atom. The lowest BCUT2D eigenvalue weighted by atomic mass is 10.3. The number of hydrogen-bond donors (Lipinski definition) is 2. The molecule has 1 unspecified atom stereocenters. The second-order valence-corrected chi connectivity index (χ2v) is 5.89. The number of sulfonamides is 1. The third kappa shape index (κ3) is 3.27. The molecule has 18 heavy (non-hydrogen) atoms. The second kappa shape index (κ2) is 5.45. The molecule has 0 spiro atoms. The lowest BCUT2D eigenvalue weighted by Crippen LogP contribution is -2.33. The van der Waals surface area contributed by atoms with Gasteiger partial charge in [0.15, 0.2) is 5.25 Å². The van der Waals surface area contributed by atoms with Gasteiger partial charge in [-0.2, -0.15) is 0 Å². The van der Waals surface area contributed by atoms with Crippen molar-refractivity contribution in [1.82, 2.24) is 0 Å². The first-order valence-corrected chi connectivity index (χ1v) is 6.78. The Kier molecular flexibility index (Phi) is 4.42. The Hall–Kier alpha value is -1.47. The maximum absolute atomic E-state index is 11.8. The van der Waals surface area contributed by atoms with Gasteiger partial charge in [0.05, 0.1) is 17.8 Å². The molecule has 0 aromatic heterocycles. The van der Waals surface area contributed by atoms with Gasteiger partial charge in [0.25, 0.3) is 0 Å². The van der Waals surface area contributed by atoms with Crippen LogP contribution in [-0.4, -0.2) is 31.9 Å². The fourth-order valence-electron chi connectivity index (χ4n) is 1.12. The highest BCUT2D eigenvalue weighted by atomic mass is 35.5. The molecule has 0 bridgehead atoms. The number of nitrogens with one attached hydrogen (secondary N) is 1. The molecule has 1 rings (SSSR count). The third-order valence-corrected chi connectivity index (χ3v) is 4.15. The van der Waals surface area contributed by atoms with E-state index in [1.165, 1.54) is 25.1 Å². The number of rotatable bonds is 4. The van der Waals surface area contributed by atoms with Crippen LogP contribution in [0.4, 0.5) is 5.69 Å². The van der Waals surface area contributed by atoms with E-state index in [1.54, 1.807) is 0 Å². The largest absolute Gasteiger partial charge is 0.506 e. The van der Waals surface area contributed by atoms with Gasteiger partial charge in [0, 0.05) is 0 Å². The summed E-state index contributed by atoms with van der Waals surface area (Å²) in [6, 6.07) is 3.80. The molecule has 0 radical (unpaired) electrons. The molecule has 0 heterocycles. The summed E-state index contributed by atoms with van der Waals surface area (Å²) < 4.78 is 30.1. The van der Waals surface area contributed by atoms with Crippen molar-refractivity contribution >= 4 is 33.3 Å². The molecule has 0 aliphatic heterocycles. The average molecular weight is 294 g/mol. The quantitative estimate of drug-likeness (QED) is 0.646. The molecule has 2 N–H and O–H groups in total. The van der Waals surface area contributed by atoms with Crippen molar-refractivity contribution in [3.05, 3.63) is 23.2 Å². The van der Waals surface area contributed by atoms with E-state index >= 15 is 0 Å². The molecule has 1 aromatic rings. The smallest absolute Gasteiger partial charge is 0.325 e. The lowest BCUT2D eigenvalue weighted by molar-refractivity contribution is -0.139. The number of halogens is 1. The van der Waals surface area contributed by atoms with Gasteiger partial charge in [-0.05, 0) is 25.1 Å². The Bertz CT molecular complexity index is 557. The normalized spacial score (nSPS) is 12.8. The molecule has 100 valence electrons. The molecule has 1 atom stereocenters. The number of phenolic OH excluding ortho intramolecular Hbond substituents is 1. The van der Waals surface area contributed by atoms with Crippen molar-refractivity contribution < 1.29 is 23.1 Å². The average Bonchev–Trinajstić information content (AvgIpc) is 2.31. The van der Waals surface area contributed by atoms with Gasteiger partial charge < -0.3 is 9.84 Å². The first-order chi connectivity index (χ1) is 8.27. The highest BCUT2D eigenvalue weighted by Gasteiger charge is 2.28. The first kappa shape index (κ1) is 14.6. The number of carbonyl (C=O) groups excluding carboxylic acids is 1. The van der Waals surface area contributed by atoms with Gasteiger partial charge in [-0.25, -0.2) is 8.42 Å². The van der Waals surface area contributed by atoms with Gasteiger partial charge in [-0.15, -0.1) is 0 Å². The van der Waals surface area contributed by atoms with E-state index in [9.17, 15) is 18.3 Å². The van der Waals surface area contributed by atoms with E-state index in [4.69, 9.17) is 11.6 Å². The maximum atomic E-state index is 11.8. The summed E-state index contributed by atoms with van der Waals surface area (Å²) in [4.78, 5) is 11.2. The number of anilines is 1. The van der Waals surface area contributed by atoms with Crippen molar-refractivity contribution in [3.63, 3.8) is 0 Å². The summed E-state index contributed by atoms with van der Waals surface area (Å²) in [5, 5.41) is 7.84. The zero-order valence-corrected chi connectivity index (χ0v) is 11.2. The number of carbonyl (C=O) groups is 1. The maximum Gasteiger partial charge on any atom is 0.325 e. The standard InChI is InChI=1S/C10H12ClNO5S/c1-6(10(14)17-2)18(15,16)12-7-3-4-9(13)8(11)5-7/h3-6,12-13H,1-2H3. The number of esters is 1. The van der Waals surface area contributed by atoms with Crippen molar-refractivity contribution in [3.8, 4) is 5.75 Å². The van der Waals surface area contributed by atoms with Crippen LogP contribution in [0.2, 0.25) is 5.02 Å². The van der Waals surface area contributed by atoms with Crippen LogP contribution >= 0.6 is 11.6 Å². The number of benzene rings is 1. The van der Waals surface area contributed by atoms with Crippen LogP contribution in [0.5, 0.6) is 5.75 Å². The van der Waals surface area contributed by atoms with Gasteiger partial charge in [-0.1, -0.05) is 11.6 Å². The zero-order chi connectivity index (χ0) is 13.9. The number of methoxy groups -OCH3 is 1. The molecule has 0 saturated carbocycles. The monoisotopic (exact) mass is 293 g/mol. The Morgan fingerprint density at radius 2 is 2.11 bits per heavy atom.